The van der Waals surface area contributed by atoms with Crippen LogP contribution in [-0.4, -0.2) is 53.9 Å². The minimum absolute atomic E-state index is 0.0877. The molecule has 1 aromatic carbocycles. The molecular weight excluding hydrogens is 453 g/mol. The summed E-state index contributed by atoms with van der Waals surface area (Å²) in [5.74, 6) is -1.58. The molecule has 1 saturated heterocycles. The number of nitrogens with zero attached hydrogens (tertiary/aromatic N) is 3. The van der Waals surface area contributed by atoms with E-state index in [2.05, 4.69) is 20.5 Å². The van der Waals surface area contributed by atoms with Crippen molar-refractivity contribution in [2.24, 2.45) is 0 Å². The first-order chi connectivity index (χ1) is 16.5. The standard InChI is InChI=1S/C25H28FN5O2S/c1-18(29-25(33)24(32)28-17-19-7-4-5-11-27-19)23(22-10-6-16-34-22)31-14-12-30(13-15-31)21-9-3-2-8-20(21)26/h2-11,16,18,23H,12-15,17H2,1H3,(H,28,32)(H,29,33)/t18-,23+/m0/s1. The van der Waals surface area contributed by atoms with Crippen molar-refractivity contribution in [1.29, 1.82) is 0 Å². The van der Waals surface area contributed by atoms with Gasteiger partial charge in [0.15, 0.2) is 0 Å². The lowest BCUT2D eigenvalue weighted by molar-refractivity contribution is -0.140. The van der Waals surface area contributed by atoms with Crippen LogP contribution in [0, 0.1) is 5.82 Å². The second-order valence-electron chi connectivity index (χ2n) is 8.20. The zero-order chi connectivity index (χ0) is 23.9. The van der Waals surface area contributed by atoms with Gasteiger partial charge in [0.25, 0.3) is 0 Å². The normalized spacial score (nSPS) is 16.0. The summed E-state index contributed by atoms with van der Waals surface area (Å²) in [5.41, 5.74) is 1.29. The number of carbonyl (C=O) groups excluding carboxylic acids is 2. The van der Waals surface area contributed by atoms with Gasteiger partial charge in [-0.15, -0.1) is 11.3 Å². The number of nitrogens with one attached hydrogen (secondary N) is 2. The Morgan fingerprint density at radius 1 is 1.03 bits per heavy atom. The van der Waals surface area contributed by atoms with Gasteiger partial charge in [0.05, 0.1) is 24.0 Å². The highest BCUT2D eigenvalue weighted by atomic mass is 32.1. The molecule has 7 nitrogen and oxygen atoms in total. The largest absolute Gasteiger partial charge is 0.367 e. The molecule has 2 atom stereocenters. The Labute approximate surface area is 202 Å². The highest BCUT2D eigenvalue weighted by Gasteiger charge is 2.32. The molecule has 3 heterocycles. The third-order valence-corrected chi connectivity index (χ3v) is 6.87. The number of halogens is 1. The lowest BCUT2D eigenvalue weighted by atomic mass is 10.0. The van der Waals surface area contributed by atoms with E-state index in [1.807, 2.05) is 41.5 Å². The first-order valence-corrected chi connectivity index (χ1v) is 12.2. The molecule has 2 N–H and O–H groups in total. The second kappa shape index (κ2) is 11.2. The summed E-state index contributed by atoms with van der Waals surface area (Å²) in [4.78, 5) is 34.6. The molecule has 0 saturated carbocycles. The average Bonchev–Trinajstić information content (AvgIpc) is 3.38. The number of amides is 2. The SMILES string of the molecule is C[C@H](NC(=O)C(=O)NCc1ccccn1)[C@H](c1cccs1)N1CCN(c2ccccc2F)CC1. The van der Waals surface area contributed by atoms with Gasteiger partial charge in [0, 0.05) is 43.3 Å². The number of hydrogen-bond acceptors (Lipinski definition) is 6. The third kappa shape index (κ3) is 5.78. The number of thiophene rings is 1. The van der Waals surface area contributed by atoms with E-state index in [1.54, 1.807) is 41.8 Å². The van der Waals surface area contributed by atoms with Crippen molar-refractivity contribution < 1.29 is 14.0 Å². The van der Waals surface area contributed by atoms with Crippen molar-refractivity contribution >= 4 is 28.8 Å². The zero-order valence-electron chi connectivity index (χ0n) is 19.0. The van der Waals surface area contributed by atoms with Crippen LogP contribution in [0.2, 0.25) is 0 Å². The van der Waals surface area contributed by atoms with Crippen LogP contribution in [0.1, 0.15) is 23.5 Å². The van der Waals surface area contributed by atoms with Gasteiger partial charge in [-0.1, -0.05) is 24.3 Å². The van der Waals surface area contributed by atoms with Crippen LogP contribution in [0.5, 0.6) is 0 Å². The van der Waals surface area contributed by atoms with Crippen LogP contribution in [0.25, 0.3) is 0 Å². The van der Waals surface area contributed by atoms with Crippen LogP contribution in [0.3, 0.4) is 0 Å². The Bertz CT molecular complexity index is 1090. The number of hydrogen-bond donors (Lipinski definition) is 2. The summed E-state index contributed by atoms with van der Waals surface area (Å²) in [6.07, 6.45) is 1.64. The first-order valence-electron chi connectivity index (χ1n) is 11.3. The van der Waals surface area contributed by atoms with Crippen LogP contribution in [-0.2, 0) is 16.1 Å². The van der Waals surface area contributed by atoms with Crippen LogP contribution in [0.15, 0.2) is 66.2 Å². The third-order valence-electron chi connectivity index (χ3n) is 5.93. The Balaban J connectivity index is 1.38. The zero-order valence-corrected chi connectivity index (χ0v) is 19.8. The molecule has 0 radical (unpaired) electrons. The van der Waals surface area contributed by atoms with Gasteiger partial charge >= 0.3 is 11.8 Å². The Morgan fingerprint density at radius 2 is 1.79 bits per heavy atom. The quantitative estimate of drug-likeness (QED) is 0.508. The van der Waals surface area contributed by atoms with Gasteiger partial charge in [0.1, 0.15) is 5.82 Å². The first kappa shape index (κ1) is 23.8. The number of pyridine rings is 1. The molecular formula is C25H28FN5O2S. The molecule has 0 aliphatic carbocycles. The second-order valence-corrected chi connectivity index (χ2v) is 9.18. The fourth-order valence-corrected chi connectivity index (χ4v) is 5.22. The molecule has 178 valence electrons. The molecule has 34 heavy (non-hydrogen) atoms. The van der Waals surface area contributed by atoms with E-state index in [0.29, 0.717) is 37.6 Å². The summed E-state index contributed by atoms with van der Waals surface area (Å²) in [7, 11) is 0. The van der Waals surface area contributed by atoms with Crippen molar-refractivity contribution in [3.8, 4) is 0 Å². The van der Waals surface area contributed by atoms with E-state index in [0.717, 1.165) is 4.88 Å². The molecule has 0 unspecified atom stereocenters. The Kier molecular flexibility index (Phi) is 7.87. The van der Waals surface area contributed by atoms with Crippen LogP contribution < -0.4 is 15.5 Å². The smallest absolute Gasteiger partial charge is 0.309 e. The number of para-hydroxylation sites is 1. The summed E-state index contributed by atoms with van der Waals surface area (Å²) in [6.45, 7) is 4.87. The van der Waals surface area contributed by atoms with Gasteiger partial charge in [-0.3, -0.25) is 19.5 Å². The van der Waals surface area contributed by atoms with E-state index in [-0.39, 0.29) is 24.4 Å². The number of anilines is 1. The minimum atomic E-state index is -0.688. The van der Waals surface area contributed by atoms with E-state index in [4.69, 9.17) is 0 Å². The van der Waals surface area contributed by atoms with E-state index in [1.165, 1.54) is 6.07 Å². The van der Waals surface area contributed by atoms with Crippen molar-refractivity contribution in [2.75, 3.05) is 31.1 Å². The number of carbonyl (C=O) groups is 2. The molecule has 1 aliphatic heterocycles. The predicted molar refractivity (Wildman–Crippen MR) is 131 cm³/mol. The van der Waals surface area contributed by atoms with Gasteiger partial charge in [-0.05, 0) is 42.6 Å². The molecule has 2 aromatic heterocycles. The Morgan fingerprint density at radius 3 is 2.47 bits per heavy atom. The number of aromatic nitrogens is 1. The Hall–Kier alpha value is -3.30. The van der Waals surface area contributed by atoms with E-state index in [9.17, 15) is 14.0 Å². The average molecular weight is 482 g/mol. The maximum atomic E-state index is 14.2. The summed E-state index contributed by atoms with van der Waals surface area (Å²) >= 11 is 1.62. The molecule has 0 spiro atoms. The highest BCUT2D eigenvalue weighted by Crippen LogP contribution is 2.30. The van der Waals surface area contributed by atoms with Crippen LogP contribution in [0.4, 0.5) is 10.1 Å². The fraction of sp³-hybridized carbons (Fsp3) is 0.320. The molecule has 1 aliphatic rings. The highest BCUT2D eigenvalue weighted by molar-refractivity contribution is 7.10. The fourth-order valence-electron chi connectivity index (χ4n) is 4.26. The number of rotatable bonds is 7. The summed E-state index contributed by atoms with van der Waals surface area (Å²) in [6, 6.07) is 15.9. The maximum absolute atomic E-state index is 14.2. The van der Waals surface area contributed by atoms with E-state index >= 15 is 0 Å². The number of benzene rings is 1. The molecule has 3 aromatic rings. The summed E-state index contributed by atoms with van der Waals surface area (Å²) in [5, 5.41) is 7.50. The molecule has 1 fully saturated rings. The van der Waals surface area contributed by atoms with Gasteiger partial charge in [-0.25, -0.2) is 4.39 Å². The molecule has 2 amide bonds. The van der Waals surface area contributed by atoms with Gasteiger partial charge in [0.2, 0.25) is 0 Å². The van der Waals surface area contributed by atoms with E-state index < -0.39 is 11.8 Å². The van der Waals surface area contributed by atoms with Gasteiger partial charge < -0.3 is 15.5 Å². The molecule has 9 heteroatoms. The summed E-state index contributed by atoms with van der Waals surface area (Å²) < 4.78 is 14.2. The van der Waals surface area contributed by atoms with Crippen molar-refractivity contribution in [2.45, 2.75) is 25.6 Å². The topological polar surface area (TPSA) is 77.6 Å². The monoisotopic (exact) mass is 481 g/mol. The van der Waals surface area contributed by atoms with Crippen molar-refractivity contribution in [3.05, 3.63) is 82.6 Å². The minimum Gasteiger partial charge on any atom is -0.367 e. The molecule has 0 bridgehead atoms. The van der Waals surface area contributed by atoms with Crippen LogP contribution >= 0.6 is 11.3 Å². The maximum Gasteiger partial charge on any atom is 0.309 e. The number of piperazine rings is 1. The van der Waals surface area contributed by atoms with Crippen molar-refractivity contribution in [1.82, 2.24) is 20.5 Å². The molecule has 4 rings (SSSR count). The predicted octanol–water partition coefficient (Wildman–Crippen LogP) is 2.97. The van der Waals surface area contributed by atoms with Crippen molar-refractivity contribution in [3.63, 3.8) is 0 Å². The van der Waals surface area contributed by atoms with Gasteiger partial charge in [-0.2, -0.15) is 0 Å². The lowest BCUT2D eigenvalue weighted by Gasteiger charge is -2.42. The lowest BCUT2D eigenvalue weighted by Crippen LogP contribution is -2.53.